The van der Waals surface area contributed by atoms with Crippen LogP contribution in [0.25, 0.3) is 0 Å². The van der Waals surface area contributed by atoms with Gasteiger partial charge in [0.25, 0.3) is 0 Å². The Morgan fingerprint density at radius 3 is 2.73 bits per heavy atom. The van der Waals surface area contributed by atoms with Gasteiger partial charge in [-0.3, -0.25) is 0 Å². The lowest BCUT2D eigenvalue weighted by Gasteiger charge is -2.02. The van der Waals surface area contributed by atoms with E-state index in [0.29, 0.717) is 0 Å². The first kappa shape index (κ1) is 13.2. The van der Waals surface area contributed by atoms with Crippen molar-refractivity contribution in [1.82, 2.24) is 5.32 Å². The molecular weight excluding hydrogens is 270 g/mol. The van der Waals surface area contributed by atoms with Gasteiger partial charge in [-0.2, -0.15) is 0 Å². The van der Waals surface area contributed by atoms with Gasteiger partial charge < -0.3 is 5.32 Å². The maximum absolute atomic E-state index is 3.48. The lowest BCUT2D eigenvalue weighted by molar-refractivity contribution is 0.585. The summed E-state index contributed by atoms with van der Waals surface area (Å²) in [5.74, 6) is 0. The highest BCUT2D eigenvalue weighted by Gasteiger charge is 1.96. The zero-order valence-corrected chi connectivity index (χ0v) is 11.8. The molecule has 0 aliphatic carbocycles. The van der Waals surface area contributed by atoms with Crippen LogP contribution in [0.2, 0.25) is 0 Å². The number of hydrogen-bond donors (Lipinski definition) is 1. The Labute approximate surface area is 105 Å². The topological polar surface area (TPSA) is 12.0 Å². The fourth-order valence-corrected chi connectivity index (χ4v) is 2.93. The predicted octanol–water partition coefficient (Wildman–Crippen LogP) is 4.57. The van der Waals surface area contributed by atoms with Crippen LogP contribution in [0.3, 0.4) is 0 Å². The molecule has 15 heavy (non-hydrogen) atoms. The number of rotatable bonds is 8. The van der Waals surface area contributed by atoms with Gasteiger partial charge in [0.05, 0.1) is 0 Å². The van der Waals surface area contributed by atoms with Crippen LogP contribution in [-0.2, 0) is 6.54 Å². The van der Waals surface area contributed by atoms with Gasteiger partial charge in [0.2, 0.25) is 0 Å². The van der Waals surface area contributed by atoms with Gasteiger partial charge in [-0.05, 0) is 35.0 Å². The Kier molecular flexibility index (Phi) is 7.32. The molecule has 0 amide bonds. The molecule has 0 saturated carbocycles. The summed E-state index contributed by atoms with van der Waals surface area (Å²) in [4.78, 5) is 1.41. The first-order chi connectivity index (χ1) is 7.33. The van der Waals surface area contributed by atoms with Gasteiger partial charge >= 0.3 is 0 Å². The van der Waals surface area contributed by atoms with Gasteiger partial charge in [-0.25, -0.2) is 0 Å². The maximum Gasteiger partial charge on any atom is 0.0300 e. The SMILES string of the molecule is CCCCCCCNCc1cc(Br)cs1. The van der Waals surface area contributed by atoms with Gasteiger partial charge in [0.15, 0.2) is 0 Å². The van der Waals surface area contributed by atoms with Crippen molar-refractivity contribution in [3.8, 4) is 0 Å². The molecule has 0 aliphatic heterocycles. The number of nitrogens with one attached hydrogen (secondary N) is 1. The van der Waals surface area contributed by atoms with Crippen molar-refractivity contribution < 1.29 is 0 Å². The van der Waals surface area contributed by atoms with E-state index in [1.165, 1.54) is 41.5 Å². The number of hydrogen-bond acceptors (Lipinski definition) is 2. The van der Waals surface area contributed by atoms with Crippen LogP contribution in [0.5, 0.6) is 0 Å². The highest BCUT2D eigenvalue weighted by Crippen LogP contribution is 2.19. The third-order valence-corrected chi connectivity index (χ3v) is 4.08. The number of thiophene rings is 1. The molecule has 1 aromatic heterocycles. The Bertz CT molecular complexity index is 260. The molecule has 1 heterocycles. The first-order valence-corrected chi connectivity index (χ1v) is 7.44. The fraction of sp³-hybridized carbons (Fsp3) is 0.667. The molecule has 0 atom stereocenters. The minimum absolute atomic E-state index is 1.02. The van der Waals surface area contributed by atoms with Crippen molar-refractivity contribution in [3.63, 3.8) is 0 Å². The minimum Gasteiger partial charge on any atom is -0.312 e. The van der Waals surface area contributed by atoms with Crippen molar-refractivity contribution in [2.75, 3.05) is 6.54 Å². The molecule has 0 bridgehead atoms. The second kappa shape index (κ2) is 8.31. The van der Waals surface area contributed by atoms with Crippen LogP contribution in [0.4, 0.5) is 0 Å². The monoisotopic (exact) mass is 289 g/mol. The van der Waals surface area contributed by atoms with Crippen molar-refractivity contribution in [2.24, 2.45) is 0 Å². The molecule has 0 saturated heterocycles. The van der Waals surface area contributed by atoms with Crippen LogP contribution in [0.15, 0.2) is 15.9 Å². The summed E-state index contributed by atoms with van der Waals surface area (Å²) in [6.07, 6.45) is 6.79. The van der Waals surface area contributed by atoms with Crippen molar-refractivity contribution in [2.45, 2.75) is 45.6 Å². The summed E-state index contributed by atoms with van der Waals surface area (Å²) in [5.41, 5.74) is 0. The molecule has 0 aliphatic rings. The van der Waals surface area contributed by atoms with Crippen LogP contribution >= 0.6 is 27.3 Å². The molecule has 0 spiro atoms. The van der Waals surface area contributed by atoms with Gasteiger partial charge in [-0.15, -0.1) is 11.3 Å². The smallest absolute Gasteiger partial charge is 0.0300 e. The van der Waals surface area contributed by atoms with E-state index in [4.69, 9.17) is 0 Å². The van der Waals surface area contributed by atoms with Crippen molar-refractivity contribution in [1.29, 1.82) is 0 Å². The van der Waals surface area contributed by atoms with E-state index >= 15 is 0 Å². The Balaban J connectivity index is 1.93. The van der Waals surface area contributed by atoms with E-state index in [-0.39, 0.29) is 0 Å². The van der Waals surface area contributed by atoms with Crippen LogP contribution in [-0.4, -0.2) is 6.54 Å². The fourth-order valence-electron chi connectivity index (χ4n) is 1.51. The molecular formula is C12H20BrNS. The molecule has 0 aromatic carbocycles. The summed E-state index contributed by atoms with van der Waals surface area (Å²) in [7, 11) is 0. The number of unbranched alkanes of at least 4 members (excludes halogenated alkanes) is 4. The molecule has 0 unspecified atom stereocenters. The van der Waals surface area contributed by atoms with E-state index in [0.717, 1.165) is 13.1 Å². The summed E-state index contributed by atoms with van der Waals surface area (Å²) >= 11 is 5.28. The lowest BCUT2D eigenvalue weighted by atomic mass is 10.1. The molecule has 86 valence electrons. The first-order valence-electron chi connectivity index (χ1n) is 5.76. The molecule has 1 nitrogen and oxygen atoms in total. The Morgan fingerprint density at radius 1 is 1.27 bits per heavy atom. The Morgan fingerprint density at radius 2 is 2.07 bits per heavy atom. The summed E-state index contributed by atoms with van der Waals surface area (Å²) < 4.78 is 1.20. The van der Waals surface area contributed by atoms with Gasteiger partial charge in [-0.1, -0.05) is 32.6 Å². The minimum atomic E-state index is 1.02. The van der Waals surface area contributed by atoms with E-state index in [1.54, 1.807) is 0 Å². The van der Waals surface area contributed by atoms with E-state index in [1.807, 2.05) is 11.3 Å². The third-order valence-electron chi connectivity index (χ3n) is 2.38. The van der Waals surface area contributed by atoms with E-state index < -0.39 is 0 Å². The zero-order chi connectivity index (χ0) is 10.9. The molecule has 3 heteroatoms. The second-order valence-corrected chi connectivity index (χ2v) is 5.73. The second-order valence-electron chi connectivity index (χ2n) is 3.82. The van der Waals surface area contributed by atoms with Crippen LogP contribution < -0.4 is 5.32 Å². The molecule has 1 aromatic rings. The van der Waals surface area contributed by atoms with Crippen LogP contribution in [0.1, 0.15) is 43.9 Å². The quantitative estimate of drug-likeness (QED) is 0.691. The third kappa shape index (κ3) is 6.33. The molecule has 1 N–H and O–H groups in total. The Hall–Kier alpha value is 0.140. The van der Waals surface area contributed by atoms with Crippen molar-refractivity contribution >= 4 is 27.3 Å². The van der Waals surface area contributed by atoms with E-state index in [9.17, 15) is 0 Å². The molecule has 0 radical (unpaired) electrons. The van der Waals surface area contributed by atoms with Crippen LogP contribution in [0, 0.1) is 0 Å². The predicted molar refractivity (Wildman–Crippen MR) is 72.5 cm³/mol. The highest BCUT2D eigenvalue weighted by molar-refractivity contribution is 9.10. The van der Waals surface area contributed by atoms with Gasteiger partial charge in [0.1, 0.15) is 0 Å². The highest BCUT2D eigenvalue weighted by atomic mass is 79.9. The molecule has 0 fully saturated rings. The largest absolute Gasteiger partial charge is 0.312 e. The number of halogens is 1. The summed E-state index contributed by atoms with van der Waals surface area (Å²) in [6.45, 7) is 4.43. The average Bonchev–Trinajstić information content (AvgIpc) is 2.63. The lowest BCUT2D eigenvalue weighted by Crippen LogP contribution is -2.13. The zero-order valence-electron chi connectivity index (χ0n) is 9.39. The molecule has 1 rings (SSSR count). The average molecular weight is 290 g/mol. The summed E-state index contributed by atoms with van der Waals surface area (Å²) in [5, 5.41) is 5.62. The van der Waals surface area contributed by atoms with Crippen molar-refractivity contribution in [3.05, 3.63) is 20.8 Å². The normalized spacial score (nSPS) is 10.8. The maximum atomic E-state index is 3.48. The van der Waals surface area contributed by atoms with E-state index in [2.05, 4.69) is 39.6 Å². The standard InChI is InChI=1S/C12H20BrNS/c1-2-3-4-5-6-7-14-9-12-8-11(13)10-15-12/h8,10,14H,2-7,9H2,1H3. The summed E-state index contributed by atoms with van der Waals surface area (Å²) in [6, 6.07) is 2.19. The van der Waals surface area contributed by atoms with Gasteiger partial charge in [0, 0.05) is 21.3 Å².